The van der Waals surface area contributed by atoms with Crippen LogP contribution < -0.4 is 5.32 Å². The highest BCUT2D eigenvalue weighted by Crippen LogP contribution is 2.22. The molecule has 0 fully saturated rings. The molecule has 1 N–H and O–H groups in total. The summed E-state index contributed by atoms with van der Waals surface area (Å²) < 4.78 is 5.10. The first kappa shape index (κ1) is 18.4. The summed E-state index contributed by atoms with van der Waals surface area (Å²) in [4.78, 5) is 26.3. The second-order valence-electron chi connectivity index (χ2n) is 5.78. The summed E-state index contributed by atoms with van der Waals surface area (Å²) in [6, 6.07) is 9.80. The third kappa shape index (κ3) is 5.28. The van der Waals surface area contributed by atoms with E-state index in [0.29, 0.717) is 13.2 Å². The first-order chi connectivity index (χ1) is 11.5. The molecule has 0 atom stereocenters. The molecule has 4 nitrogen and oxygen atoms in total. The number of ether oxygens (including phenoxy) is 1. The van der Waals surface area contributed by atoms with E-state index in [1.54, 1.807) is 18.4 Å². The predicted molar refractivity (Wildman–Crippen MR) is 96.4 cm³/mol. The normalized spacial score (nSPS) is 10.6. The molecule has 0 unspecified atom stereocenters. The monoisotopic (exact) mass is 345 g/mol. The van der Waals surface area contributed by atoms with Crippen LogP contribution in [0.15, 0.2) is 30.3 Å². The van der Waals surface area contributed by atoms with Crippen LogP contribution in [0.5, 0.6) is 0 Å². The third-order valence-electron chi connectivity index (χ3n) is 3.71. The lowest BCUT2D eigenvalue weighted by Gasteiger charge is -2.07. The van der Waals surface area contributed by atoms with E-state index in [9.17, 15) is 9.59 Å². The van der Waals surface area contributed by atoms with Crippen molar-refractivity contribution in [1.29, 1.82) is 0 Å². The lowest BCUT2D eigenvalue weighted by molar-refractivity contribution is -0.121. The van der Waals surface area contributed by atoms with E-state index in [1.165, 1.54) is 0 Å². The fourth-order valence-electron chi connectivity index (χ4n) is 2.55. The van der Waals surface area contributed by atoms with Crippen LogP contribution in [0.1, 0.15) is 44.1 Å². The molecule has 1 aromatic carbocycles. The topological polar surface area (TPSA) is 55.4 Å². The highest BCUT2D eigenvalue weighted by Gasteiger charge is 2.13. The highest BCUT2D eigenvalue weighted by atomic mass is 32.1. The molecule has 0 saturated heterocycles. The van der Waals surface area contributed by atoms with Gasteiger partial charge in [-0.25, -0.2) is 0 Å². The number of carbonyl (C=O) groups is 2. The fourth-order valence-corrected chi connectivity index (χ4v) is 3.50. The summed E-state index contributed by atoms with van der Waals surface area (Å²) in [6.07, 6.45) is 0.456. The molecule has 1 aromatic heterocycles. The SMILES string of the molecule is COCc1cccc(CNC(=O)CCC(=O)c2cc(C)sc2C)c1. The highest BCUT2D eigenvalue weighted by molar-refractivity contribution is 7.12. The van der Waals surface area contributed by atoms with Crippen molar-refractivity contribution < 1.29 is 14.3 Å². The van der Waals surface area contributed by atoms with Crippen molar-refractivity contribution in [2.24, 2.45) is 0 Å². The van der Waals surface area contributed by atoms with Crippen LogP contribution in [0.2, 0.25) is 0 Å². The fraction of sp³-hybridized carbons (Fsp3) is 0.368. The number of benzene rings is 1. The zero-order valence-corrected chi connectivity index (χ0v) is 15.2. The minimum Gasteiger partial charge on any atom is -0.380 e. The van der Waals surface area contributed by atoms with Gasteiger partial charge in [-0.2, -0.15) is 0 Å². The molecule has 2 aromatic rings. The van der Waals surface area contributed by atoms with E-state index in [1.807, 2.05) is 44.2 Å². The number of amides is 1. The second-order valence-corrected chi connectivity index (χ2v) is 7.24. The Morgan fingerprint density at radius 3 is 2.54 bits per heavy atom. The first-order valence-electron chi connectivity index (χ1n) is 7.93. The number of thiophene rings is 1. The molecule has 0 aliphatic heterocycles. The Morgan fingerprint density at radius 2 is 1.88 bits per heavy atom. The molecule has 0 spiro atoms. The van der Waals surface area contributed by atoms with Gasteiger partial charge < -0.3 is 10.1 Å². The van der Waals surface area contributed by atoms with E-state index in [4.69, 9.17) is 4.74 Å². The van der Waals surface area contributed by atoms with Crippen LogP contribution in [0, 0.1) is 13.8 Å². The number of hydrogen-bond donors (Lipinski definition) is 1. The maximum Gasteiger partial charge on any atom is 0.220 e. The summed E-state index contributed by atoms with van der Waals surface area (Å²) >= 11 is 1.61. The van der Waals surface area contributed by atoms with E-state index >= 15 is 0 Å². The zero-order valence-electron chi connectivity index (χ0n) is 14.3. The molecular weight excluding hydrogens is 322 g/mol. The molecule has 24 heavy (non-hydrogen) atoms. The molecule has 0 aliphatic rings. The standard InChI is InChI=1S/C19H23NO3S/c1-13-9-17(14(2)24-13)18(21)7-8-19(22)20-11-15-5-4-6-16(10-15)12-23-3/h4-6,9-10H,7-8,11-12H2,1-3H3,(H,20,22). The van der Waals surface area contributed by atoms with Crippen LogP contribution in [0.25, 0.3) is 0 Å². The predicted octanol–water partition coefficient (Wildman–Crippen LogP) is 3.79. The molecule has 1 heterocycles. The number of nitrogens with one attached hydrogen (secondary N) is 1. The molecule has 128 valence electrons. The third-order valence-corrected chi connectivity index (χ3v) is 4.68. The van der Waals surface area contributed by atoms with Crippen molar-refractivity contribution in [3.63, 3.8) is 0 Å². The summed E-state index contributed by atoms with van der Waals surface area (Å²) in [5.74, 6) is -0.0702. The lowest BCUT2D eigenvalue weighted by Crippen LogP contribution is -2.23. The smallest absolute Gasteiger partial charge is 0.220 e. The van der Waals surface area contributed by atoms with E-state index in [2.05, 4.69) is 5.32 Å². The first-order valence-corrected chi connectivity index (χ1v) is 8.75. The summed E-state index contributed by atoms with van der Waals surface area (Å²) in [5, 5.41) is 2.87. The van der Waals surface area contributed by atoms with Crippen LogP contribution in [0.3, 0.4) is 0 Å². The van der Waals surface area contributed by atoms with Crippen molar-refractivity contribution in [3.8, 4) is 0 Å². The Labute approximate surface area is 146 Å². The quantitative estimate of drug-likeness (QED) is 0.741. The van der Waals surface area contributed by atoms with Gasteiger partial charge in [-0.15, -0.1) is 11.3 Å². The van der Waals surface area contributed by atoms with Gasteiger partial charge in [-0.05, 0) is 31.0 Å². The molecule has 0 saturated carbocycles. The largest absolute Gasteiger partial charge is 0.380 e. The summed E-state index contributed by atoms with van der Waals surface area (Å²) in [6.45, 7) is 4.94. The van der Waals surface area contributed by atoms with Gasteiger partial charge in [-0.3, -0.25) is 9.59 Å². The molecule has 0 aliphatic carbocycles. The summed E-state index contributed by atoms with van der Waals surface area (Å²) in [5.41, 5.74) is 2.84. The maximum atomic E-state index is 12.2. The van der Waals surface area contributed by atoms with E-state index in [-0.39, 0.29) is 24.5 Å². The van der Waals surface area contributed by atoms with E-state index < -0.39 is 0 Å². The Kier molecular flexibility index (Phi) is 6.70. The molecular formula is C19H23NO3S. The Bertz CT molecular complexity index is 721. The summed E-state index contributed by atoms with van der Waals surface area (Å²) in [7, 11) is 1.65. The number of hydrogen-bond acceptors (Lipinski definition) is 4. The van der Waals surface area contributed by atoms with Crippen LogP contribution >= 0.6 is 11.3 Å². The van der Waals surface area contributed by atoms with Gasteiger partial charge in [0, 0.05) is 41.8 Å². The Balaban J connectivity index is 1.80. The van der Waals surface area contributed by atoms with Crippen molar-refractivity contribution in [2.45, 2.75) is 39.8 Å². The number of methoxy groups -OCH3 is 1. The van der Waals surface area contributed by atoms with Crippen LogP contribution in [-0.4, -0.2) is 18.8 Å². The van der Waals surface area contributed by atoms with Gasteiger partial charge >= 0.3 is 0 Å². The number of ketones is 1. The number of carbonyl (C=O) groups excluding carboxylic acids is 2. The second kappa shape index (κ2) is 8.76. The Morgan fingerprint density at radius 1 is 1.12 bits per heavy atom. The average Bonchev–Trinajstić information content (AvgIpc) is 2.90. The van der Waals surface area contributed by atoms with Gasteiger partial charge in [0.25, 0.3) is 0 Å². The molecule has 2 rings (SSSR count). The Hall–Kier alpha value is -1.98. The molecule has 1 amide bonds. The molecule has 5 heteroatoms. The number of Topliss-reactive ketones (excluding diaryl/α,β-unsaturated/α-hetero) is 1. The van der Waals surface area contributed by atoms with Gasteiger partial charge in [0.2, 0.25) is 5.91 Å². The number of aryl methyl sites for hydroxylation is 2. The molecule has 0 radical (unpaired) electrons. The van der Waals surface area contributed by atoms with Gasteiger partial charge in [0.05, 0.1) is 6.61 Å². The van der Waals surface area contributed by atoms with Gasteiger partial charge in [-0.1, -0.05) is 24.3 Å². The van der Waals surface area contributed by atoms with Crippen molar-refractivity contribution >= 4 is 23.0 Å². The van der Waals surface area contributed by atoms with E-state index in [0.717, 1.165) is 26.4 Å². The van der Waals surface area contributed by atoms with Gasteiger partial charge in [0.15, 0.2) is 5.78 Å². The van der Waals surface area contributed by atoms with Crippen molar-refractivity contribution in [3.05, 3.63) is 56.8 Å². The van der Waals surface area contributed by atoms with Gasteiger partial charge in [0.1, 0.15) is 0 Å². The number of rotatable bonds is 8. The van der Waals surface area contributed by atoms with Crippen LogP contribution in [0.4, 0.5) is 0 Å². The molecule has 0 bridgehead atoms. The average molecular weight is 345 g/mol. The minimum absolute atomic E-state index is 0.0362. The maximum absolute atomic E-state index is 12.2. The van der Waals surface area contributed by atoms with Crippen molar-refractivity contribution in [2.75, 3.05) is 7.11 Å². The van der Waals surface area contributed by atoms with Crippen LogP contribution in [-0.2, 0) is 22.7 Å². The lowest BCUT2D eigenvalue weighted by atomic mass is 10.1. The minimum atomic E-state index is -0.106. The van der Waals surface area contributed by atoms with Crippen molar-refractivity contribution in [1.82, 2.24) is 5.32 Å². The zero-order chi connectivity index (χ0) is 17.5.